The summed E-state index contributed by atoms with van der Waals surface area (Å²) in [6, 6.07) is 4.13. The molecule has 0 unspecified atom stereocenters. The average molecular weight is 335 g/mol. The van der Waals surface area contributed by atoms with Crippen LogP contribution in [-0.2, 0) is 4.79 Å². The number of nitrogens with one attached hydrogen (secondary N) is 2. The highest BCUT2D eigenvalue weighted by atomic mass is 19.2. The van der Waals surface area contributed by atoms with Crippen LogP contribution in [-0.4, -0.2) is 37.0 Å². The normalized spacial score (nSPS) is 11.8. The molecule has 0 saturated carbocycles. The number of likely N-dealkylation sites (N-methyl/N-ethyl adjacent to an activating group) is 1. The van der Waals surface area contributed by atoms with Crippen LogP contribution in [0, 0.1) is 18.6 Å². The molecule has 1 heterocycles. The average Bonchev–Trinajstić information content (AvgIpc) is 2.54. The zero-order chi connectivity index (χ0) is 17.9. The summed E-state index contributed by atoms with van der Waals surface area (Å²) >= 11 is 0. The summed E-state index contributed by atoms with van der Waals surface area (Å²) in [5.74, 6) is -1.54. The second-order valence-electron chi connectivity index (χ2n) is 5.45. The van der Waals surface area contributed by atoms with Gasteiger partial charge in [0.05, 0.1) is 0 Å². The molecular weight excluding hydrogens is 316 g/mol. The molecule has 0 fully saturated rings. The van der Waals surface area contributed by atoms with Gasteiger partial charge in [0.25, 0.3) is 0 Å². The predicted molar refractivity (Wildman–Crippen MR) is 87.9 cm³/mol. The Kier molecular flexibility index (Phi) is 5.28. The number of anilines is 2. The van der Waals surface area contributed by atoms with Crippen LogP contribution >= 0.6 is 0 Å². The molecule has 1 amide bonds. The molecule has 1 atom stereocenters. The number of carbonyl (C=O) groups is 1. The van der Waals surface area contributed by atoms with Crippen molar-refractivity contribution in [1.29, 1.82) is 0 Å². The lowest BCUT2D eigenvalue weighted by molar-refractivity contribution is -0.121. The lowest BCUT2D eigenvalue weighted by Crippen LogP contribution is -2.31. The molecule has 1 aromatic heterocycles. The standard InChI is InChI=1S/C16H19F2N5O/c1-9-7-13(23(3)4)21-16(20-9)22-14(15(24)19-2)10-5-6-11(17)12(18)8-10/h5-8,14H,1-4H3,(H,19,24)(H,20,21,22)/t14-/m0/s1. The van der Waals surface area contributed by atoms with Gasteiger partial charge in [-0.2, -0.15) is 4.98 Å². The van der Waals surface area contributed by atoms with Crippen LogP contribution in [0.2, 0.25) is 0 Å². The largest absolute Gasteiger partial charge is 0.363 e. The number of carbonyl (C=O) groups excluding carboxylic acids is 1. The summed E-state index contributed by atoms with van der Waals surface area (Å²) in [6.45, 7) is 1.80. The van der Waals surface area contributed by atoms with Gasteiger partial charge in [-0.05, 0) is 24.6 Å². The third-order valence-electron chi connectivity index (χ3n) is 3.36. The fourth-order valence-electron chi connectivity index (χ4n) is 2.11. The molecule has 2 aromatic rings. The summed E-state index contributed by atoms with van der Waals surface area (Å²) in [7, 11) is 5.12. The van der Waals surface area contributed by atoms with Gasteiger partial charge in [0.15, 0.2) is 11.6 Å². The predicted octanol–water partition coefficient (Wildman–Crippen LogP) is 2.03. The third kappa shape index (κ3) is 3.95. The number of halogens is 2. The Morgan fingerprint density at radius 1 is 1.17 bits per heavy atom. The van der Waals surface area contributed by atoms with E-state index in [0.29, 0.717) is 11.5 Å². The smallest absolute Gasteiger partial charge is 0.246 e. The number of aromatic nitrogens is 2. The number of amides is 1. The minimum atomic E-state index is -1.03. The number of benzene rings is 1. The van der Waals surface area contributed by atoms with Crippen LogP contribution in [0.1, 0.15) is 17.3 Å². The molecule has 0 radical (unpaired) electrons. The van der Waals surface area contributed by atoms with Crippen LogP contribution in [0.3, 0.4) is 0 Å². The van der Waals surface area contributed by atoms with E-state index in [0.717, 1.165) is 12.1 Å². The number of rotatable bonds is 5. The van der Waals surface area contributed by atoms with Gasteiger partial charge in [-0.1, -0.05) is 6.07 Å². The quantitative estimate of drug-likeness (QED) is 0.875. The van der Waals surface area contributed by atoms with E-state index < -0.39 is 23.6 Å². The Balaban J connectivity index is 2.39. The van der Waals surface area contributed by atoms with Crippen LogP contribution < -0.4 is 15.5 Å². The lowest BCUT2D eigenvalue weighted by Gasteiger charge is -2.19. The van der Waals surface area contributed by atoms with E-state index in [2.05, 4.69) is 20.6 Å². The van der Waals surface area contributed by atoms with Crippen molar-refractivity contribution in [3.8, 4) is 0 Å². The Labute approximate surface area is 138 Å². The van der Waals surface area contributed by atoms with Crippen molar-refractivity contribution in [2.24, 2.45) is 0 Å². The van der Waals surface area contributed by atoms with E-state index in [9.17, 15) is 13.6 Å². The molecule has 2 rings (SSSR count). The van der Waals surface area contributed by atoms with Crippen LogP contribution in [0.25, 0.3) is 0 Å². The highest BCUT2D eigenvalue weighted by molar-refractivity contribution is 5.85. The first-order chi connectivity index (χ1) is 11.3. The Hall–Kier alpha value is -2.77. The first kappa shape index (κ1) is 17.6. The zero-order valence-electron chi connectivity index (χ0n) is 13.9. The van der Waals surface area contributed by atoms with E-state index in [1.54, 1.807) is 17.9 Å². The van der Waals surface area contributed by atoms with Crippen molar-refractivity contribution < 1.29 is 13.6 Å². The maximum Gasteiger partial charge on any atom is 0.246 e. The number of hydrogen-bond donors (Lipinski definition) is 2. The highest BCUT2D eigenvalue weighted by Crippen LogP contribution is 2.21. The van der Waals surface area contributed by atoms with Crippen LogP contribution in [0.5, 0.6) is 0 Å². The number of nitrogens with zero attached hydrogens (tertiary/aromatic N) is 3. The molecule has 1 aromatic carbocycles. The molecule has 128 valence electrons. The minimum absolute atomic E-state index is 0.219. The molecule has 6 nitrogen and oxygen atoms in total. The molecule has 0 saturated heterocycles. The third-order valence-corrected chi connectivity index (χ3v) is 3.36. The van der Waals surface area contributed by atoms with E-state index in [4.69, 9.17) is 0 Å². The van der Waals surface area contributed by atoms with Crippen molar-refractivity contribution in [1.82, 2.24) is 15.3 Å². The van der Waals surface area contributed by atoms with Gasteiger partial charge in [-0.3, -0.25) is 4.79 Å². The molecule has 8 heteroatoms. The second-order valence-corrected chi connectivity index (χ2v) is 5.45. The summed E-state index contributed by atoms with van der Waals surface area (Å²) in [4.78, 5) is 22.5. The highest BCUT2D eigenvalue weighted by Gasteiger charge is 2.22. The van der Waals surface area contributed by atoms with Gasteiger partial charge in [0.1, 0.15) is 11.9 Å². The SMILES string of the molecule is CNC(=O)[C@@H](Nc1nc(C)cc(N(C)C)n1)c1ccc(F)c(F)c1. The Morgan fingerprint density at radius 2 is 1.88 bits per heavy atom. The van der Waals surface area contributed by atoms with Crippen LogP contribution in [0.4, 0.5) is 20.5 Å². The first-order valence-electron chi connectivity index (χ1n) is 7.28. The van der Waals surface area contributed by atoms with Gasteiger partial charge in [0, 0.05) is 32.9 Å². The maximum atomic E-state index is 13.5. The van der Waals surface area contributed by atoms with Crippen LogP contribution in [0.15, 0.2) is 24.3 Å². The molecule has 0 spiro atoms. The molecule has 2 N–H and O–H groups in total. The maximum absolute atomic E-state index is 13.5. The van der Waals surface area contributed by atoms with E-state index >= 15 is 0 Å². The van der Waals surface area contributed by atoms with Crippen molar-refractivity contribution in [2.75, 3.05) is 31.4 Å². The summed E-state index contributed by atoms with van der Waals surface area (Å²) < 4.78 is 26.6. The van der Waals surface area contributed by atoms with E-state index in [1.807, 2.05) is 14.1 Å². The first-order valence-corrected chi connectivity index (χ1v) is 7.28. The lowest BCUT2D eigenvalue weighted by atomic mass is 10.1. The van der Waals surface area contributed by atoms with Crippen molar-refractivity contribution in [3.63, 3.8) is 0 Å². The zero-order valence-corrected chi connectivity index (χ0v) is 13.9. The monoisotopic (exact) mass is 335 g/mol. The number of hydrogen-bond acceptors (Lipinski definition) is 5. The Morgan fingerprint density at radius 3 is 2.46 bits per heavy atom. The van der Waals surface area contributed by atoms with Gasteiger partial charge in [-0.15, -0.1) is 0 Å². The molecule has 0 aliphatic heterocycles. The fourth-order valence-corrected chi connectivity index (χ4v) is 2.11. The van der Waals surface area contributed by atoms with Gasteiger partial charge >= 0.3 is 0 Å². The molecule has 0 aliphatic carbocycles. The van der Waals surface area contributed by atoms with Gasteiger partial charge < -0.3 is 15.5 Å². The van der Waals surface area contributed by atoms with Gasteiger partial charge in [-0.25, -0.2) is 13.8 Å². The van der Waals surface area contributed by atoms with E-state index in [1.165, 1.54) is 13.1 Å². The Bertz CT molecular complexity index is 751. The topological polar surface area (TPSA) is 70.2 Å². The number of aryl methyl sites for hydroxylation is 1. The summed E-state index contributed by atoms with van der Waals surface area (Å²) in [5, 5.41) is 5.36. The van der Waals surface area contributed by atoms with Gasteiger partial charge in [0.2, 0.25) is 11.9 Å². The van der Waals surface area contributed by atoms with Crippen molar-refractivity contribution in [2.45, 2.75) is 13.0 Å². The fraction of sp³-hybridized carbons (Fsp3) is 0.312. The molecular formula is C16H19F2N5O. The van der Waals surface area contributed by atoms with Crippen molar-refractivity contribution >= 4 is 17.7 Å². The summed E-state index contributed by atoms with van der Waals surface area (Å²) in [6.07, 6.45) is 0. The molecule has 0 aliphatic rings. The van der Waals surface area contributed by atoms with E-state index in [-0.39, 0.29) is 11.5 Å². The minimum Gasteiger partial charge on any atom is -0.363 e. The molecule has 0 bridgehead atoms. The van der Waals surface area contributed by atoms with Crippen molar-refractivity contribution in [3.05, 3.63) is 47.2 Å². The second kappa shape index (κ2) is 7.20. The molecule has 24 heavy (non-hydrogen) atoms. The summed E-state index contributed by atoms with van der Waals surface area (Å²) in [5.41, 5.74) is 0.974.